The van der Waals surface area contributed by atoms with Crippen molar-refractivity contribution < 1.29 is 0 Å². The Labute approximate surface area is 114 Å². The van der Waals surface area contributed by atoms with Crippen molar-refractivity contribution in [3.8, 4) is 11.4 Å². The molecule has 0 saturated heterocycles. The molecule has 6 heteroatoms. The molecule has 0 atom stereocenters. The van der Waals surface area contributed by atoms with Crippen LogP contribution >= 0.6 is 24.4 Å². The monoisotopic (exact) mass is 270 g/mol. The largest absolute Gasteiger partial charge is 0.252 e. The van der Waals surface area contributed by atoms with Crippen molar-refractivity contribution in [2.75, 3.05) is 0 Å². The van der Waals surface area contributed by atoms with E-state index >= 15 is 0 Å². The van der Waals surface area contributed by atoms with Gasteiger partial charge in [-0.2, -0.15) is 9.98 Å². The predicted molar refractivity (Wildman–Crippen MR) is 76.8 cm³/mol. The van der Waals surface area contributed by atoms with Crippen LogP contribution in [-0.2, 0) is 0 Å². The van der Waals surface area contributed by atoms with Crippen LogP contribution in [0.1, 0.15) is 0 Å². The van der Waals surface area contributed by atoms with Gasteiger partial charge in [0.15, 0.2) is 0 Å². The molecule has 0 unspecified atom stereocenters. The number of aliphatic imine (C=N–C) groups is 2. The summed E-state index contributed by atoms with van der Waals surface area (Å²) in [6.45, 7) is 0. The van der Waals surface area contributed by atoms with Crippen molar-refractivity contribution >= 4 is 46.1 Å². The van der Waals surface area contributed by atoms with Crippen molar-refractivity contribution in [3.63, 3.8) is 0 Å². The zero-order valence-corrected chi connectivity index (χ0v) is 10.7. The average Bonchev–Trinajstić information content (AvgIpc) is 2.41. The summed E-state index contributed by atoms with van der Waals surface area (Å²) >= 11 is 9.04. The number of thiocarbonyl (C=S) groups is 2. The van der Waals surface area contributed by atoms with Crippen LogP contribution in [0, 0.1) is 0 Å². The number of hydrogen-bond donors (Lipinski definition) is 0. The van der Waals surface area contributed by atoms with Gasteiger partial charge in [0.25, 0.3) is 0 Å². The zero-order valence-electron chi connectivity index (χ0n) is 9.07. The molecule has 0 saturated carbocycles. The Kier molecular flexibility index (Phi) is 4.12. The third kappa shape index (κ3) is 2.97. The fraction of sp³-hybridized carbons (Fsp3) is 0. The minimum absolute atomic E-state index is 0.663. The van der Waals surface area contributed by atoms with E-state index in [1.54, 1.807) is 24.5 Å². The van der Waals surface area contributed by atoms with Crippen LogP contribution in [0.15, 0.2) is 46.6 Å². The molecule has 2 aromatic heterocycles. The molecule has 0 N–H and O–H groups in total. The molecular formula is C12H6N4S2. The standard InChI is InChI=1S/C12H6N4S2/c17-7-15-9-1-3-11(13-5-9)12-4-2-10(6-14-12)16-8-18/h1-6H. The summed E-state index contributed by atoms with van der Waals surface area (Å²) < 4.78 is 0. The number of isothiocyanates is 2. The third-order valence-corrected chi connectivity index (χ3v) is 2.29. The van der Waals surface area contributed by atoms with Crippen LogP contribution in [0.3, 0.4) is 0 Å². The zero-order chi connectivity index (χ0) is 12.8. The Morgan fingerprint density at radius 3 is 1.50 bits per heavy atom. The highest BCUT2D eigenvalue weighted by Crippen LogP contribution is 2.19. The van der Waals surface area contributed by atoms with Crippen LogP contribution in [0.25, 0.3) is 11.4 Å². The van der Waals surface area contributed by atoms with Crippen molar-refractivity contribution in [2.45, 2.75) is 0 Å². The molecule has 86 valence electrons. The summed E-state index contributed by atoms with van der Waals surface area (Å²) in [5, 5.41) is 4.58. The molecule has 0 amide bonds. The summed E-state index contributed by atoms with van der Waals surface area (Å²) in [5.74, 6) is 0. The minimum Gasteiger partial charge on any atom is -0.252 e. The van der Waals surface area contributed by atoms with E-state index < -0.39 is 0 Å². The molecule has 2 heterocycles. The third-order valence-electron chi connectivity index (χ3n) is 2.11. The molecule has 0 aliphatic rings. The van der Waals surface area contributed by atoms with Gasteiger partial charge in [0.2, 0.25) is 0 Å². The molecule has 0 aliphatic heterocycles. The molecule has 0 spiro atoms. The number of aromatic nitrogens is 2. The number of pyridine rings is 2. The van der Waals surface area contributed by atoms with Crippen LogP contribution in [0.2, 0.25) is 0 Å². The normalized spacial score (nSPS) is 9.11. The van der Waals surface area contributed by atoms with Crippen molar-refractivity contribution in [1.82, 2.24) is 9.97 Å². The number of rotatable bonds is 3. The molecule has 0 fully saturated rings. The van der Waals surface area contributed by atoms with Crippen molar-refractivity contribution in [3.05, 3.63) is 36.7 Å². The second kappa shape index (κ2) is 6.00. The average molecular weight is 270 g/mol. The fourth-order valence-electron chi connectivity index (χ4n) is 1.31. The van der Waals surface area contributed by atoms with E-state index in [0.717, 1.165) is 11.4 Å². The first-order valence-electron chi connectivity index (χ1n) is 4.92. The summed E-state index contributed by atoms with van der Waals surface area (Å²) in [5.41, 5.74) is 2.82. The maximum absolute atomic E-state index is 4.52. The molecule has 0 radical (unpaired) electrons. The van der Waals surface area contributed by atoms with Crippen LogP contribution in [0.5, 0.6) is 0 Å². The van der Waals surface area contributed by atoms with E-state index in [4.69, 9.17) is 0 Å². The van der Waals surface area contributed by atoms with Gasteiger partial charge in [-0.1, -0.05) is 0 Å². The first-order chi connectivity index (χ1) is 8.83. The van der Waals surface area contributed by atoms with Gasteiger partial charge in [-0.25, -0.2) is 0 Å². The Bertz CT molecular complexity index is 577. The van der Waals surface area contributed by atoms with Gasteiger partial charge < -0.3 is 0 Å². The van der Waals surface area contributed by atoms with Crippen molar-refractivity contribution in [1.29, 1.82) is 0 Å². The molecule has 0 aromatic carbocycles. The summed E-state index contributed by atoms with van der Waals surface area (Å²) in [4.78, 5) is 16.1. The summed E-state index contributed by atoms with van der Waals surface area (Å²) in [7, 11) is 0. The topological polar surface area (TPSA) is 50.5 Å². The lowest BCUT2D eigenvalue weighted by Crippen LogP contribution is -1.85. The summed E-state index contributed by atoms with van der Waals surface area (Å²) in [6, 6.07) is 7.23. The quantitative estimate of drug-likeness (QED) is 0.631. The molecule has 2 rings (SSSR count). The highest BCUT2D eigenvalue weighted by Gasteiger charge is 2.00. The Morgan fingerprint density at radius 2 is 1.22 bits per heavy atom. The van der Waals surface area contributed by atoms with Gasteiger partial charge in [0.1, 0.15) is 0 Å². The lowest BCUT2D eigenvalue weighted by atomic mass is 10.2. The van der Waals surface area contributed by atoms with Crippen LogP contribution in [-0.4, -0.2) is 20.3 Å². The van der Waals surface area contributed by atoms with Gasteiger partial charge in [0.05, 0.1) is 45.5 Å². The summed E-state index contributed by atoms with van der Waals surface area (Å²) in [6.07, 6.45) is 3.22. The molecule has 4 nitrogen and oxygen atoms in total. The van der Waals surface area contributed by atoms with Gasteiger partial charge in [-0.3, -0.25) is 9.97 Å². The van der Waals surface area contributed by atoms with E-state index in [1.165, 1.54) is 0 Å². The van der Waals surface area contributed by atoms with Crippen LogP contribution < -0.4 is 0 Å². The highest BCUT2D eigenvalue weighted by atomic mass is 32.1. The molecule has 2 aromatic rings. The molecule has 18 heavy (non-hydrogen) atoms. The SMILES string of the molecule is S=C=Nc1ccc(-c2ccc(N=C=S)cn2)nc1. The maximum atomic E-state index is 4.52. The highest BCUT2D eigenvalue weighted by molar-refractivity contribution is 7.78. The first kappa shape index (κ1) is 12.4. The lowest BCUT2D eigenvalue weighted by Gasteiger charge is -2.00. The smallest absolute Gasteiger partial charge is 0.0923 e. The van der Waals surface area contributed by atoms with E-state index in [2.05, 4.69) is 54.7 Å². The predicted octanol–water partition coefficient (Wildman–Crippen LogP) is 3.61. The van der Waals surface area contributed by atoms with Gasteiger partial charge >= 0.3 is 0 Å². The lowest BCUT2D eigenvalue weighted by molar-refractivity contribution is 1.24. The van der Waals surface area contributed by atoms with Crippen molar-refractivity contribution in [2.24, 2.45) is 9.98 Å². The van der Waals surface area contributed by atoms with E-state index in [1.807, 2.05) is 12.1 Å². The van der Waals surface area contributed by atoms with E-state index in [-0.39, 0.29) is 0 Å². The Balaban J connectivity index is 2.30. The van der Waals surface area contributed by atoms with Crippen LogP contribution in [0.4, 0.5) is 11.4 Å². The number of hydrogen-bond acceptors (Lipinski definition) is 6. The fourth-order valence-corrected chi connectivity index (χ4v) is 1.52. The molecular weight excluding hydrogens is 264 g/mol. The van der Waals surface area contributed by atoms with E-state index in [9.17, 15) is 0 Å². The second-order valence-electron chi connectivity index (χ2n) is 3.21. The number of nitrogens with zero attached hydrogens (tertiary/aromatic N) is 4. The Morgan fingerprint density at radius 1 is 0.778 bits per heavy atom. The van der Waals surface area contributed by atoms with Gasteiger partial charge in [-0.15, -0.1) is 0 Å². The molecule has 0 bridgehead atoms. The minimum atomic E-state index is 0.663. The Hall–Kier alpha value is -2.10. The van der Waals surface area contributed by atoms with E-state index in [0.29, 0.717) is 11.4 Å². The first-order valence-corrected chi connectivity index (χ1v) is 5.73. The van der Waals surface area contributed by atoms with Gasteiger partial charge in [-0.05, 0) is 48.7 Å². The molecule has 0 aliphatic carbocycles. The van der Waals surface area contributed by atoms with Gasteiger partial charge in [0, 0.05) is 0 Å². The second-order valence-corrected chi connectivity index (χ2v) is 3.57. The maximum Gasteiger partial charge on any atom is 0.0923 e.